The average molecular weight is 305 g/mol. The number of hydrogen-bond donors (Lipinski definition) is 0. The van der Waals surface area contributed by atoms with Crippen molar-refractivity contribution in [3.63, 3.8) is 0 Å². The van der Waals surface area contributed by atoms with E-state index < -0.39 is 17.5 Å². The van der Waals surface area contributed by atoms with Gasteiger partial charge in [0, 0.05) is 12.6 Å². The molecule has 3 rings (SSSR count). The minimum Gasteiger partial charge on any atom is -0.331 e. The van der Waals surface area contributed by atoms with Crippen molar-refractivity contribution in [2.45, 2.75) is 25.4 Å². The van der Waals surface area contributed by atoms with Crippen LogP contribution in [0.25, 0.3) is 0 Å². The highest BCUT2D eigenvalue weighted by Gasteiger charge is 2.34. The smallest absolute Gasteiger partial charge is 0.257 e. The Kier molecular flexibility index (Phi) is 3.88. The van der Waals surface area contributed by atoms with E-state index in [2.05, 4.69) is 0 Å². The molecule has 5 heteroatoms. The van der Waals surface area contributed by atoms with E-state index in [4.69, 9.17) is 0 Å². The standard InChI is InChI=1S/C17H14F3NO/c18-12-3-1-11(2-4-12)10-21(14-6-7-14)17(22)15-9-13(19)5-8-16(15)20/h1-5,8-9,14H,6-7,10H2. The second-order valence-corrected chi connectivity index (χ2v) is 5.41. The van der Waals surface area contributed by atoms with Crippen LogP contribution >= 0.6 is 0 Å². The SMILES string of the molecule is O=C(c1cc(F)ccc1F)N(Cc1ccc(F)cc1)C1CC1. The first-order valence-corrected chi connectivity index (χ1v) is 7.05. The van der Waals surface area contributed by atoms with Gasteiger partial charge in [-0.1, -0.05) is 12.1 Å². The number of carbonyl (C=O) groups excluding carboxylic acids is 1. The summed E-state index contributed by atoms with van der Waals surface area (Å²) in [4.78, 5) is 14.0. The normalized spacial score (nSPS) is 14.0. The van der Waals surface area contributed by atoms with Gasteiger partial charge in [-0.05, 0) is 48.7 Å². The number of halogens is 3. The fourth-order valence-electron chi connectivity index (χ4n) is 2.36. The van der Waals surface area contributed by atoms with Crippen molar-refractivity contribution in [1.82, 2.24) is 4.90 Å². The molecule has 2 nitrogen and oxygen atoms in total. The quantitative estimate of drug-likeness (QED) is 0.838. The molecule has 0 aromatic heterocycles. The van der Waals surface area contributed by atoms with Crippen LogP contribution in [0.4, 0.5) is 13.2 Å². The third-order valence-corrected chi connectivity index (χ3v) is 3.67. The van der Waals surface area contributed by atoms with Crippen molar-refractivity contribution in [2.24, 2.45) is 0 Å². The predicted octanol–water partition coefficient (Wildman–Crippen LogP) is 3.91. The second-order valence-electron chi connectivity index (χ2n) is 5.41. The van der Waals surface area contributed by atoms with E-state index in [0.717, 1.165) is 36.6 Å². The summed E-state index contributed by atoms with van der Waals surface area (Å²) in [7, 11) is 0. The van der Waals surface area contributed by atoms with Crippen LogP contribution in [-0.2, 0) is 6.54 Å². The van der Waals surface area contributed by atoms with E-state index in [-0.39, 0.29) is 24.0 Å². The lowest BCUT2D eigenvalue weighted by molar-refractivity contribution is 0.0724. The molecule has 114 valence electrons. The molecule has 1 amide bonds. The van der Waals surface area contributed by atoms with Crippen LogP contribution in [0.5, 0.6) is 0 Å². The molecule has 0 unspecified atom stereocenters. The summed E-state index contributed by atoms with van der Waals surface area (Å²) in [5, 5.41) is 0. The average Bonchev–Trinajstić information content (AvgIpc) is 3.33. The van der Waals surface area contributed by atoms with Gasteiger partial charge in [0.2, 0.25) is 0 Å². The molecule has 0 N–H and O–H groups in total. The van der Waals surface area contributed by atoms with E-state index in [1.807, 2.05) is 0 Å². The van der Waals surface area contributed by atoms with E-state index in [0.29, 0.717) is 0 Å². The summed E-state index contributed by atoms with van der Waals surface area (Å²) in [6.45, 7) is 0.250. The van der Waals surface area contributed by atoms with Gasteiger partial charge in [0.1, 0.15) is 17.5 Å². The Morgan fingerprint density at radius 1 is 1.00 bits per heavy atom. The van der Waals surface area contributed by atoms with Crippen molar-refractivity contribution < 1.29 is 18.0 Å². The summed E-state index contributed by atoms with van der Waals surface area (Å²) in [5.41, 5.74) is 0.479. The molecule has 1 aliphatic rings. The molecule has 0 saturated heterocycles. The monoisotopic (exact) mass is 305 g/mol. The van der Waals surface area contributed by atoms with Gasteiger partial charge >= 0.3 is 0 Å². The number of rotatable bonds is 4. The largest absolute Gasteiger partial charge is 0.331 e. The maximum Gasteiger partial charge on any atom is 0.257 e. The van der Waals surface area contributed by atoms with Gasteiger partial charge in [-0.25, -0.2) is 13.2 Å². The van der Waals surface area contributed by atoms with Crippen LogP contribution in [0.1, 0.15) is 28.8 Å². The fraction of sp³-hybridized carbons (Fsp3) is 0.235. The van der Waals surface area contributed by atoms with Gasteiger partial charge in [0.15, 0.2) is 0 Å². The van der Waals surface area contributed by atoms with Crippen LogP contribution in [-0.4, -0.2) is 16.8 Å². The number of carbonyl (C=O) groups is 1. The summed E-state index contributed by atoms with van der Waals surface area (Å²) in [6.07, 6.45) is 1.67. The second kappa shape index (κ2) is 5.83. The lowest BCUT2D eigenvalue weighted by Gasteiger charge is -2.23. The molecule has 1 saturated carbocycles. The molecule has 0 bridgehead atoms. The third kappa shape index (κ3) is 3.13. The number of nitrogens with zero attached hydrogens (tertiary/aromatic N) is 1. The van der Waals surface area contributed by atoms with Gasteiger partial charge in [0.05, 0.1) is 5.56 Å². The van der Waals surface area contributed by atoms with Crippen molar-refractivity contribution in [3.8, 4) is 0 Å². The molecule has 0 heterocycles. The summed E-state index contributed by atoms with van der Waals surface area (Å²) in [5.74, 6) is -2.29. The van der Waals surface area contributed by atoms with Crippen molar-refractivity contribution in [3.05, 3.63) is 71.0 Å². The van der Waals surface area contributed by atoms with E-state index in [1.165, 1.54) is 17.0 Å². The highest BCUT2D eigenvalue weighted by atomic mass is 19.1. The van der Waals surface area contributed by atoms with Gasteiger partial charge in [-0.2, -0.15) is 0 Å². The molecule has 1 aliphatic carbocycles. The van der Waals surface area contributed by atoms with Crippen LogP contribution in [0.2, 0.25) is 0 Å². The van der Waals surface area contributed by atoms with Gasteiger partial charge in [0.25, 0.3) is 5.91 Å². The lowest BCUT2D eigenvalue weighted by atomic mass is 10.1. The molecule has 0 atom stereocenters. The third-order valence-electron chi connectivity index (χ3n) is 3.67. The molecular weight excluding hydrogens is 291 g/mol. The van der Waals surface area contributed by atoms with Gasteiger partial charge in [-0.15, -0.1) is 0 Å². The number of benzene rings is 2. The van der Waals surface area contributed by atoms with Crippen LogP contribution in [0, 0.1) is 17.5 Å². The highest BCUT2D eigenvalue weighted by molar-refractivity contribution is 5.94. The Morgan fingerprint density at radius 3 is 2.27 bits per heavy atom. The topological polar surface area (TPSA) is 20.3 Å². The molecule has 1 fully saturated rings. The molecule has 2 aromatic rings. The Bertz CT molecular complexity index is 696. The molecule has 0 spiro atoms. The first-order valence-electron chi connectivity index (χ1n) is 7.05. The fourth-order valence-corrected chi connectivity index (χ4v) is 2.36. The van der Waals surface area contributed by atoms with E-state index in [1.54, 1.807) is 12.1 Å². The van der Waals surface area contributed by atoms with E-state index in [9.17, 15) is 18.0 Å². The summed E-state index contributed by atoms with van der Waals surface area (Å²) >= 11 is 0. The number of hydrogen-bond acceptors (Lipinski definition) is 1. The molecule has 2 aromatic carbocycles. The zero-order valence-electron chi connectivity index (χ0n) is 11.7. The molecule has 0 radical (unpaired) electrons. The van der Waals surface area contributed by atoms with Crippen LogP contribution in [0.15, 0.2) is 42.5 Å². The Hall–Kier alpha value is -2.30. The molecule has 22 heavy (non-hydrogen) atoms. The molecular formula is C17H14F3NO. The maximum absolute atomic E-state index is 13.8. The summed E-state index contributed by atoms with van der Waals surface area (Å²) < 4.78 is 40.0. The van der Waals surface area contributed by atoms with E-state index >= 15 is 0 Å². The van der Waals surface area contributed by atoms with Crippen molar-refractivity contribution in [2.75, 3.05) is 0 Å². The van der Waals surface area contributed by atoms with Crippen LogP contribution < -0.4 is 0 Å². The zero-order chi connectivity index (χ0) is 15.7. The minimum atomic E-state index is -0.740. The lowest BCUT2D eigenvalue weighted by Crippen LogP contribution is -2.33. The Morgan fingerprint density at radius 2 is 1.64 bits per heavy atom. The van der Waals surface area contributed by atoms with Gasteiger partial charge in [-0.3, -0.25) is 4.79 Å². The highest BCUT2D eigenvalue weighted by Crippen LogP contribution is 2.30. The first kappa shape index (κ1) is 14.6. The maximum atomic E-state index is 13.8. The predicted molar refractivity (Wildman–Crippen MR) is 75.7 cm³/mol. The Labute approximate surface area is 126 Å². The minimum absolute atomic E-state index is 0.0280. The Balaban J connectivity index is 1.86. The van der Waals surface area contributed by atoms with Crippen molar-refractivity contribution in [1.29, 1.82) is 0 Å². The van der Waals surface area contributed by atoms with Crippen molar-refractivity contribution >= 4 is 5.91 Å². The summed E-state index contributed by atoms with van der Waals surface area (Å²) in [6, 6.07) is 8.66. The van der Waals surface area contributed by atoms with Crippen LogP contribution in [0.3, 0.4) is 0 Å². The zero-order valence-corrected chi connectivity index (χ0v) is 11.7. The number of amides is 1. The van der Waals surface area contributed by atoms with Gasteiger partial charge < -0.3 is 4.90 Å². The first-order chi connectivity index (χ1) is 10.5. The molecule has 0 aliphatic heterocycles.